The summed E-state index contributed by atoms with van der Waals surface area (Å²) >= 11 is 1.36. The fourth-order valence-corrected chi connectivity index (χ4v) is 5.07. The minimum Gasteiger partial charge on any atom is -0.497 e. The summed E-state index contributed by atoms with van der Waals surface area (Å²) < 4.78 is 47.3. The van der Waals surface area contributed by atoms with Crippen molar-refractivity contribution in [2.45, 2.75) is 12.7 Å². The number of ether oxygens (including phenoxy) is 1. The van der Waals surface area contributed by atoms with Crippen LogP contribution < -0.4 is 10.1 Å². The highest BCUT2D eigenvalue weighted by molar-refractivity contribution is 8.18. The maximum atomic E-state index is 13.6. The average molecular weight is 502 g/mol. The third-order valence-electron chi connectivity index (χ3n) is 5.90. The predicted octanol–water partition coefficient (Wildman–Crippen LogP) is 3.99. The highest BCUT2D eigenvalue weighted by Crippen LogP contribution is 2.35. The van der Waals surface area contributed by atoms with Crippen LogP contribution in [0.2, 0.25) is 0 Å². The normalized spacial score (nSPS) is 17.9. The molecule has 0 radical (unpaired) electrons. The Morgan fingerprint density at radius 2 is 1.97 bits per heavy atom. The third kappa shape index (κ3) is 4.92. The van der Waals surface area contributed by atoms with E-state index in [2.05, 4.69) is 20.3 Å². The van der Waals surface area contributed by atoms with Crippen molar-refractivity contribution in [1.82, 2.24) is 20.0 Å². The first kappa shape index (κ1) is 23.4. The lowest BCUT2D eigenvalue weighted by Gasteiger charge is -2.27. The van der Waals surface area contributed by atoms with Gasteiger partial charge in [-0.3, -0.25) is 9.48 Å². The summed E-state index contributed by atoms with van der Waals surface area (Å²) in [6.07, 6.45) is -1.11. The molecular weight excluding hydrogens is 479 g/mol. The quantitative estimate of drug-likeness (QED) is 0.546. The van der Waals surface area contributed by atoms with Crippen LogP contribution in [0.1, 0.15) is 16.7 Å². The lowest BCUT2D eigenvalue weighted by molar-refractivity contribution is -0.138. The second-order valence-electron chi connectivity index (χ2n) is 8.19. The van der Waals surface area contributed by atoms with Gasteiger partial charge in [0, 0.05) is 31.6 Å². The van der Waals surface area contributed by atoms with E-state index < -0.39 is 11.7 Å². The molecule has 0 atom stereocenters. The van der Waals surface area contributed by atoms with Crippen LogP contribution in [0.3, 0.4) is 0 Å². The van der Waals surface area contributed by atoms with Gasteiger partial charge in [-0.15, -0.1) is 0 Å². The number of alkyl halides is 3. The second kappa shape index (κ2) is 9.38. The molecule has 0 aliphatic carbocycles. The summed E-state index contributed by atoms with van der Waals surface area (Å²) in [6, 6.07) is 9.40. The van der Waals surface area contributed by atoms with Gasteiger partial charge in [-0.05, 0) is 53.2 Å². The first-order chi connectivity index (χ1) is 16.8. The number of hydrogen-bond acceptors (Lipinski definition) is 6. The van der Waals surface area contributed by atoms with Crippen molar-refractivity contribution in [2.24, 2.45) is 4.99 Å². The minimum atomic E-state index is -4.51. The van der Waals surface area contributed by atoms with Gasteiger partial charge in [-0.25, -0.2) is 0 Å². The Labute approximate surface area is 203 Å². The highest BCUT2D eigenvalue weighted by Gasteiger charge is 2.34. The molecule has 0 bridgehead atoms. The zero-order chi connectivity index (χ0) is 24.6. The molecule has 182 valence electrons. The molecule has 2 aromatic carbocycles. The lowest BCUT2D eigenvalue weighted by Crippen LogP contribution is -2.45. The van der Waals surface area contributed by atoms with Gasteiger partial charge in [0.25, 0.3) is 5.91 Å². The Morgan fingerprint density at radius 3 is 2.71 bits per heavy atom. The Balaban J connectivity index is 1.37. The Bertz CT molecular complexity index is 1340. The van der Waals surface area contributed by atoms with Crippen molar-refractivity contribution in [3.63, 3.8) is 0 Å². The number of piperazine rings is 1. The van der Waals surface area contributed by atoms with E-state index in [0.717, 1.165) is 48.4 Å². The standard InChI is InChI=1S/C24H22F3N5O2S/c1-34-18-4-3-16(19(12-18)24(25,26)27)14-32-20-5-2-15(10-17(20)13-29-32)11-21-22(33)30-23(35-21)31-8-6-28-7-9-31/h2-5,10-13,28H,6-9,14H2,1H3. The summed E-state index contributed by atoms with van der Waals surface area (Å²) in [5.41, 5.74) is 0.836. The number of halogens is 3. The molecule has 0 spiro atoms. The molecule has 0 unspecified atom stereocenters. The molecule has 1 amide bonds. The zero-order valence-corrected chi connectivity index (χ0v) is 19.6. The first-order valence-corrected chi connectivity index (χ1v) is 11.8. The number of hydrogen-bond donors (Lipinski definition) is 1. The molecule has 3 heterocycles. The van der Waals surface area contributed by atoms with Crippen molar-refractivity contribution in [3.8, 4) is 5.75 Å². The number of amidine groups is 1. The molecular formula is C24H22F3N5O2S. The Hall–Kier alpha value is -3.31. The largest absolute Gasteiger partial charge is 0.497 e. The van der Waals surface area contributed by atoms with E-state index in [0.29, 0.717) is 10.4 Å². The summed E-state index contributed by atoms with van der Waals surface area (Å²) in [5.74, 6) is -0.119. The van der Waals surface area contributed by atoms with Crippen LogP contribution in [0.15, 0.2) is 52.5 Å². The van der Waals surface area contributed by atoms with E-state index in [4.69, 9.17) is 4.74 Å². The molecule has 2 aliphatic heterocycles. The van der Waals surface area contributed by atoms with Gasteiger partial charge in [0.2, 0.25) is 0 Å². The van der Waals surface area contributed by atoms with Gasteiger partial charge in [-0.1, -0.05) is 12.1 Å². The fourth-order valence-electron chi connectivity index (χ4n) is 4.11. The van der Waals surface area contributed by atoms with Gasteiger partial charge in [0.1, 0.15) is 5.75 Å². The number of aliphatic imine (C=N–C) groups is 1. The minimum absolute atomic E-state index is 0.0427. The van der Waals surface area contributed by atoms with Crippen molar-refractivity contribution >= 4 is 39.8 Å². The van der Waals surface area contributed by atoms with Crippen LogP contribution in [0.4, 0.5) is 13.2 Å². The van der Waals surface area contributed by atoms with E-state index in [-0.39, 0.29) is 23.8 Å². The Morgan fingerprint density at radius 1 is 1.17 bits per heavy atom. The van der Waals surface area contributed by atoms with Crippen LogP contribution in [0, 0.1) is 0 Å². The van der Waals surface area contributed by atoms with Gasteiger partial charge in [0.05, 0.1) is 35.8 Å². The van der Waals surface area contributed by atoms with Gasteiger partial charge >= 0.3 is 6.18 Å². The average Bonchev–Trinajstić information content (AvgIpc) is 3.42. The number of aromatic nitrogens is 2. The van der Waals surface area contributed by atoms with E-state index in [1.165, 1.54) is 35.7 Å². The smallest absolute Gasteiger partial charge is 0.416 e. The zero-order valence-electron chi connectivity index (χ0n) is 18.8. The molecule has 1 fully saturated rings. The molecule has 1 saturated heterocycles. The van der Waals surface area contributed by atoms with Crippen molar-refractivity contribution in [3.05, 3.63) is 64.2 Å². The molecule has 1 aromatic heterocycles. The van der Waals surface area contributed by atoms with Gasteiger partial charge in [0.15, 0.2) is 5.17 Å². The van der Waals surface area contributed by atoms with Crippen LogP contribution in [0.5, 0.6) is 5.75 Å². The lowest BCUT2D eigenvalue weighted by atomic mass is 10.1. The van der Waals surface area contributed by atoms with Crippen molar-refractivity contribution < 1.29 is 22.7 Å². The molecule has 35 heavy (non-hydrogen) atoms. The van der Waals surface area contributed by atoms with Gasteiger partial charge < -0.3 is 15.0 Å². The predicted molar refractivity (Wildman–Crippen MR) is 129 cm³/mol. The van der Waals surface area contributed by atoms with Gasteiger partial charge in [-0.2, -0.15) is 23.3 Å². The summed E-state index contributed by atoms with van der Waals surface area (Å²) in [5, 5.41) is 9.07. The number of amides is 1. The van der Waals surface area contributed by atoms with Crippen LogP contribution in [-0.4, -0.2) is 59.0 Å². The molecule has 1 N–H and O–H groups in total. The monoisotopic (exact) mass is 501 g/mol. The number of benzene rings is 2. The maximum Gasteiger partial charge on any atom is 0.416 e. The summed E-state index contributed by atoms with van der Waals surface area (Å²) in [4.78, 5) is 19.3. The first-order valence-electron chi connectivity index (χ1n) is 11.0. The summed E-state index contributed by atoms with van der Waals surface area (Å²) in [7, 11) is 1.33. The van der Waals surface area contributed by atoms with Crippen LogP contribution in [0.25, 0.3) is 17.0 Å². The van der Waals surface area contributed by atoms with Crippen molar-refractivity contribution in [2.75, 3.05) is 33.3 Å². The third-order valence-corrected chi connectivity index (χ3v) is 6.95. The van der Waals surface area contributed by atoms with Crippen molar-refractivity contribution in [1.29, 1.82) is 0 Å². The SMILES string of the molecule is COc1ccc(Cn2ncc3cc(C=C4SC(N5CCNCC5)=NC4=O)ccc32)c(C(F)(F)F)c1. The second-order valence-corrected chi connectivity index (χ2v) is 9.20. The maximum absolute atomic E-state index is 13.6. The number of nitrogens with zero attached hydrogens (tertiary/aromatic N) is 4. The number of fused-ring (bicyclic) bond motifs is 1. The van der Waals surface area contributed by atoms with Crippen LogP contribution >= 0.6 is 11.8 Å². The number of methoxy groups -OCH3 is 1. The highest BCUT2D eigenvalue weighted by atomic mass is 32.2. The number of nitrogens with one attached hydrogen (secondary N) is 1. The van der Waals surface area contributed by atoms with E-state index in [1.807, 2.05) is 12.1 Å². The topological polar surface area (TPSA) is 71.8 Å². The molecule has 11 heteroatoms. The fraction of sp³-hybridized carbons (Fsp3) is 0.292. The van der Waals surface area contributed by atoms with Crippen LogP contribution in [-0.2, 0) is 17.5 Å². The molecule has 3 aromatic rings. The van der Waals surface area contributed by atoms with E-state index >= 15 is 0 Å². The number of carbonyl (C=O) groups excluding carboxylic acids is 1. The number of carbonyl (C=O) groups is 1. The molecule has 2 aliphatic rings. The Kier molecular flexibility index (Phi) is 6.28. The molecule has 5 rings (SSSR count). The van der Waals surface area contributed by atoms with E-state index in [9.17, 15) is 18.0 Å². The number of thioether (sulfide) groups is 1. The van der Waals surface area contributed by atoms with E-state index in [1.54, 1.807) is 18.3 Å². The molecule has 0 saturated carbocycles. The summed E-state index contributed by atoms with van der Waals surface area (Å²) in [6.45, 7) is 3.28. The number of rotatable bonds is 4. The molecule has 7 nitrogen and oxygen atoms in total.